The van der Waals surface area contributed by atoms with E-state index < -0.39 is 5.97 Å². The van der Waals surface area contributed by atoms with Gasteiger partial charge in [-0.05, 0) is 25.7 Å². The fraction of sp³-hybridized carbons (Fsp3) is 0.692. The van der Waals surface area contributed by atoms with Crippen molar-refractivity contribution < 1.29 is 14.7 Å². The fourth-order valence-corrected chi connectivity index (χ4v) is 2.53. The van der Waals surface area contributed by atoms with Crippen molar-refractivity contribution in [3.05, 3.63) is 11.9 Å². The molecule has 0 saturated carbocycles. The van der Waals surface area contributed by atoms with Crippen LogP contribution in [-0.2, 0) is 17.9 Å². The van der Waals surface area contributed by atoms with Gasteiger partial charge >= 0.3 is 12.0 Å². The molecule has 8 heteroatoms. The van der Waals surface area contributed by atoms with Gasteiger partial charge in [-0.15, -0.1) is 5.10 Å². The monoisotopic (exact) mass is 295 g/mol. The maximum Gasteiger partial charge on any atom is 0.325 e. The average Bonchev–Trinajstić information content (AvgIpc) is 2.86. The second kappa shape index (κ2) is 6.55. The molecule has 0 bridgehead atoms. The van der Waals surface area contributed by atoms with Gasteiger partial charge in [-0.2, -0.15) is 0 Å². The fourth-order valence-electron chi connectivity index (χ4n) is 2.53. The molecule has 2 amide bonds. The molecule has 2 unspecified atom stereocenters. The highest BCUT2D eigenvalue weighted by Gasteiger charge is 2.28. The first kappa shape index (κ1) is 15.3. The number of aromatic nitrogens is 3. The van der Waals surface area contributed by atoms with Crippen LogP contribution >= 0.6 is 0 Å². The predicted molar refractivity (Wildman–Crippen MR) is 74.5 cm³/mol. The molecule has 1 aliphatic rings. The van der Waals surface area contributed by atoms with Gasteiger partial charge in [0.15, 0.2) is 0 Å². The van der Waals surface area contributed by atoms with Crippen LogP contribution in [0.15, 0.2) is 6.20 Å². The van der Waals surface area contributed by atoms with Crippen LogP contribution in [0, 0.1) is 5.92 Å². The minimum atomic E-state index is -0.980. The summed E-state index contributed by atoms with van der Waals surface area (Å²) in [5.41, 5.74) is 0.544. The maximum absolute atomic E-state index is 12.2. The lowest BCUT2D eigenvalue weighted by Crippen LogP contribution is -2.50. The Bertz CT molecular complexity index is 516. The molecule has 0 aromatic carbocycles. The van der Waals surface area contributed by atoms with Gasteiger partial charge in [-0.1, -0.05) is 12.1 Å². The highest BCUT2D eigenvalue weighted by molar-refractivity contribution is 5.74. The van der Waals surface area contributed by atoms with Gasteiger partial charge in [0.05, 0.1) is 12.7 Å². The van der Waals surface area contributed by atoms with E-state index in [9.17, 15) is 9.59 Å². The highest BCUT2D eigenvalue weighted by Crippen LogP contribution is 2.22. The molecule has 1 aromatic rings. The number of hydrogen-bond donors (Lipinski definition) is 2. The third-order valence-corrected chi connectivity index (χ3v) is 3.94. The van der Waals surface area contributed by atoms with E-state index in [1.807, 2.05) is 4.90 Å². The zero-order valence-corrected chi connectivity index (χ0v) is 12.3. The van der Waals surface area contributed by atoms with Crippen LogP contribution in [0.3, 0.4) is 0 Å². The first-order valence-corrected chi connectivity index (χ1v) is 7.12. The summed E-state index contributed by atoms with van der Waals surface area (Å²) in [6, 6.07) is 0.114. The largest absolute Gasteiger partial charge is 0.480 e. The zero-order chi connectivity index (χ0) is 15.4. The third kappa shape index (κ3) is 3.93. The van der Waals surface area contributed by atoms with Crippen LogP contribution in [0.25, 0.3) is 0 Å². The predicted octanol–water partition coefficient (Wildman–Crippen LogP) is 0.693. The molecule has 2 heterocycles. The number of hydrogen-bond acceptors (Lipinski definition) is 4. The lowest BCUT2D eigenvalue weighted by atomic mass is 9.92. The summed E-state index contributed by atoms with van der Waals surface area (Å²) in [6.45, 7) is 4.99. The van der Waals surface area contributed by atoms with Gasteiger partial charge in [0, 0.05) is 12.6 Å². The van der Waals surface area contributed by atoms with Gasteiger partial charge in [0.1, 0.15) is 12.2 Å². The number of urea groups is 1. The Morgan fingerprint density at radius 2 is 2.24 bits per heavy atom. The molecule has 1 fully saturated rings. The molecule has 2 rings (SSSR count). The van der Waals surface area contributed by atoms with Gasteiger partial charge in [0.25, 0.3) is 0 Å². The Morgan fingerprint density at radius 1 is 1.48 bits per heavy atom. The van der Waals surface area contributed by atoms with E-state index in [0.29, 0.717) is 11.6 Å². The Balaban J connectivity index is 1.86. The van der Waals surface area contributed by atoms with Crippen molar-refractivity contribution in [1.82, 2.24) is 25.2 Å². The van der Waals surface area contributed by atoms with Crippen LogP contribution in [0.4, 0.5) is 4.79 Å². The Hall–Kier alpha value is -2.12. The number of aliphatic carboxylic acids is 1. The quantitative estimate of drug-likeness (QED) is 0.851. The van der Waals surface area contributed by atoms with Gasteiger partial charge in [0.2, 0.25) is 0 Å². The van der Waals surface area contributed by atoms with Crippen molar-refractivity contribution in [1.29, 1.82) is 0 Å². The van der Waals surface area contributed by atoms with E-state index in [1.54, 1.807) is 0 Å². The standard InChI is InChI=1S/C13H21N5O3/c1-9-4-3-5-18(10(9)2)13(21)14-6-11-7-17(16-15-11)8-12(19)20/h7,9-10H,3-6,8H2,1-2H3,(H,14,21)(H,19,20). The van der Waals surface area contributed by atoms with Crippen LogP contribution in [-0.4, -0.2) is 49.6 Å². The number of carbonyl (C=O) groups is 2. The Morgan fingerprint density at radius 3 is 2.95 bits per heavy atom. The number of carbonyl (C=O) groups excluding carboxylic acids is 1. The Kier molecular flexibility index (Phi) is 4.77. The molecule has 8 nitrogen and oxygen atoms in total. The summed E-state index contributed by atoms with van der Waals surface area (Å²) in [5, 5.41) is 19.0. The molecule has 2 atom stereocenters. The molecule has 0 radical (unpaired) electrons. The number of nitrogens with zero attached hydrogens (tertiary/aromatic N) is 4. The first-order chi connectivity index (χ1) is 9.97. The number of nitrogens with one attached hydrogen (secondary N) is 1. The molecule has 1 saturated heterocycles. The summed E-state index contributed by atoms with van der Waals surface area (Å²) in [5.74, 6) is -0.479. The van der Waals surface area contributed by atoms with E-state index in [-0.39, 0.29) is 25.2 Å². The summed E-state index contributed by atoms with van der Waals surface area (Å²) in [6.07, 6.45) is 3.69. The maximum atomic E-state index is 12.2. The topological polar surface area (TPSA) is 100 Å². The summed E-state index contributed by atoms with van der Waals surface area (Å²) in [4.78, 5) is 24.6. The van der Waals surface area contributed by atoms with Crippen molar-refractivity contribution in [2.45, 2.75) is 45.8 Å². The lowest BCUT2D eigenvalue weighted by molar-refractivity contribution is -0.137. The number of rotatable bonds is 4. The second-order valence-electron chi connectivity index (χ2n) is 5.51. The lowest BCUT2D eigenvalue weighted by Gasteiger charge is -2.37. The minimum absolute atomic E-state index is 0.109. The second-order valence-corrected chi connectivity index (χ2v) is 5.51. The van der Waals surface area contributed by atoms with Crippen molar-refractivity contribution in [2.75, 3.05) is 6.54 Å². The highest BCUT2D eigenvalue weighted by atomic mass is 16.4. The average molecular weight is 295 g/mol. The van der Waals surface area contributed by atoms with Crippen LogP contribution in [0.5, 0.6) is 0 Å². The molecule has 0 aliphatic carbocycles. The summed E-state index contributed by atoms with van der Waals surface area (Å²) < 4.78 is 1.23. The molecule has 1 aromatic heterocycles. The molecule has 0 spiro atoms. The SMILES string of the molecule is CC1CCCN(C(=O)NCc2cn(CC(=O)O)nn2)C1C. The van der Waals surface area contributed by atoms with Gasteiger partial charge in [-0.25, -0.2) is 9.48 Å². The van der Waals surface area contributed by atoms with Crippen LogP contribution in [0.1, 0.15) is 32.4 Å². The van der Waals surface area contributed by atoms with E-state index in [0.717, 1.165) is 19.4 Å². The van der Waals surface area contributed by atoms with Crippen molar-refractivity contribution in [2.24, 2.45) is 5.92 Å². The molecule has 1 aliphatic heterocycles. The van der Waals surface area contributed by atoms with Crippen molar-refractivity contribution in [3.8, 4) is 0 Å². The van der Waals surface area contributed by atoms with E-state index >= 15 is 0 Å². The number of carboxylic acids is 1. The number of amides is 2. The van der Waals surface area contributed by atoms with Gasteiger partial charge in [-0.3, -0.25) is 4.79 Å². The minimum Gasteiger partial charge on any atom is -0.480 e. The van der Waals surface area contributed by atoms with Crippen LogP contribution in [0.2, 0.25) is 0 Å². The molecule has 2 N–H and O–H groups in total. The van der Waals surface area contributed by atoms with Crippen LogP contribution < -0.4 is 5.32 Å². The van der Waals surface area contributed by atoms with Crippen molar-refractivity contribution >= 4 is 12.0 Å². The van der Waals surface area contributed by atoms with E-state index in [2.05, 4.69) is 29.5 Å². The summed E-state index contributed by atoms with van der Waals surface area (Å²) in [7, 11) is 0. The van der Waals surface area contributed by atoms with Crippen molar-refractivity contribution in [3.63, 3.8) is 0 Å². The number of piperidine rings is 1. The molecular weight excluding hydrogens is 274 g/mol. The first-order valence-electron chi connectivity index (χ1n) is 7.12. The zero-order valence-electron chi connectivity index (χ0n) is 12.3. The number of carboxylic acid groups (broad SMARTS) is 1. The van der Waals surface area contributed by atoms with Gasteiger partial charge < -0.3 is 15.3 Å². The smallest absolute Gasteiger partial charge is 0.325 e. The summed E-state index contributed by atoms with van der Waals surface area (Å²) >= 11 is 0. The van der Waals surface area contributed by atoms with E-state index in [4.69, 9.17) is 5.11 Å². The number of likely N-dealkylation sites (tertiary alicyclic amines) is 1. The molecule has 116 valence electrons. The Labute approximate surface area is 123 Å². The molecule has 21 heavy (non-hydrogen) atoms. The third-order valence-electron chi connectivity index (χ3n) is 3.94. The normalized spacial score (nSPS) is 22.1. The molecular formula is C13H21N5O3. The van der Waals surface area contributed by atoms with E-state index in [1.165, 1.54) is 10.9 Å².